The van der Waals surface area contributed by atoms with Gasteiger partial charge in [-0.2, -0.15) is 0 Å². The zero-order valence-corrected chi connectivity index (χ0v) is 14.8. The SMILES string of the molecule is COc1cc(C(=O)N2CCC(N)C(C)(C)C2)ccc1OC(C)C. The van der Waals surface area contributed by atoms with Crippen molar-refractivity contribution < 1.29 is 14.3 Å². The summed E-state index contributed by atoms with van der Waals surface area (Å²) in [6.07, 6.45) is 0.875. The highest BCUT2D eigenvalue weighted by molar-refractivity contribution is 5.95. The Hall–Kier alpha value is -1.75. The summed E-state index contributed by atoms with van der Waals surface area (Å²) in [6, 6.07) is 5.47. The van der Waals surface area contributed by atoms with E-state index < -0.39 is 0 Å². The summed E-state index contributed by atoms with van der Waals surface area (Å²) in [4.78, 5) is 14.7. The third kappa shape index (κ3) is 3.96. The molecule has 1 aliphatic rings. The molecule has 1 heterocycles. The molecule has 0 bridgehead atoms. The van der Waals surface area contributed by atoms with Crippen LogP contribution in [-0.4, -0.2) is 43.2 Å². The lowest BCUT2D eigenvalue weighted by Gasteiger charge is -2.42. The maximum atomic E-state index is 12.8. The van der Waals surface area contributed by atoms with E-state index in [0.29, 0.717) is 30.2 Å². The van der Waals surface area contributed by atoms with Gasteiger partial charge in [0.15, 0.2) is 11.5 Å². The van der Waals surface area contributed by atoms with Crippen LogP contribution >= 0.6 is 0 Å². The number of rotatable bonds is 4. The highest BCUT2D eigenvalue weighted by atomic mass is 16.5. The molecule has 1 aliphatic heterocycles. The monoisotopic (exact) mass is 320 g/mol. The molecule has 1 amide bonds. The van der Waals surface area contributed by atoms with Crippen LogP contribution < -0.4 is 15.2 Å². The van der Waals surface area contributed by atoms with E-state index >= 15 is 0 Å². The fraction of sp³-hybridized carbons (Fsp3) is 0.611. The quantitative estimate of drug-likeness (QED) is 0.926. The standard InChI is InChI=1S/C18H28N2O3/c1-12(2)23-14-7-6-13(10-15(14)22-5)17(21)20-9-8-16(19)18(3,4)11-20/h6-7,10,12,16H,8-9,11,19H2,1-5H3. The van der Waals surface area contributed by atoms with Crippen molar-refractivity contribution in [2.75, 3.05) is 20.2 Å². The molecule has 1 aromatic rings. The Morgan fingerprint density at radius 2 is 2.04 bits per heavy atom. The molecule has 0 radical (unpaired) electrons. The Morgan fingerprint density at radius 1 is 1.35 bits per heavy atom. The van der Waals surface area contributed by atoms with E-state index in [2.05, 4.69) is 13.8 Å². The number of nitrogens with zero attached hydrogens (tertiary/aromatic N) is 1. The van der Waals surface area contributed by atoms with Crippen LogP contribution in [-0.2, 0) is 0 Å². The van der Waals surface area contributed by atoms with Gasteiger partial charge < -0.3 is 20.1 Å². The second-order valence-electron chi connectivity index (χ2n) is 7.14. The van der Waals surface area contributed by atoms with Crippen LogP contribution in [0.25, 0.3) is 0 Å². The average Bonchev–Trinajstić information content (AvgIpc) is 2.49. The zero-order chi connectivity index (χ0) is 17.2. The third-order valence-electron chi connectivity index (χ3n) is 4.37. The van der Waals surface area contributed by atoms with E-state index in [1.807, 2.05) is 18.7 Å². The smallest absolute Gasteiger partial charge is 0.254 e. The number of ether oxygens (including phenoxy) is 2. The van der Waals surface area contributed by atoms with Crippen molar-refractivity contribution in [1.29, 1.82) is 0 Å². The Bertz CT molecular complexity index is 569. The summed E-state index contributed by atoms with van der Waals surface area (Å²) in [5, 5.41) is 0. The minimum absolute atomic E-state index is 0.0133. The molecule has 1 atom stereocenters. The predicted molar refractivity (Wildman–Crippen MR) is 91.0 cm³/mol. The first-order valence-electron chi connectivity index (χ1n) is 8.14. The second-order valence-corrected chi connectivity index (χ2v) is 7.14. The molecular formula is C18H28N2O3. The maximum absolute atomic E-state index is 12.8. The Balaban J connectivity index is 2.19. The van der Waals surface area contributed by atoms with Crippen LogP contribution in [0.2, 0.25) is 0 Å². The van der Waals surface area contributed by atoms with Crippen LogP contribution in [0, 0.1) is 5.41 Å². The van der Waals surface area contributed by atoms with E-state index in [4.69, 9.17) is 15.2 Å². The van der Waals surface area contributed by atoms with Gasteiger partial charge in [0.25, 0.3) is 5.91 Å². The summed E-state index contributed by atoms with van der Waals surface area (Å²) < 4.78 is 11.1. The number of likely N-dealkylation sites (tertiary alicyclic amines) is 1. The molecule has 1 aromatic carbocycles. The second kappa shape index (κ2) is 6.79. The van der Waals surface area contributed by atoms with E-state index in [-0.39, 0.29) is 23.5 Å². The number of amides is 1. The summed E-state index contributed by atoms with van der Waals surface area (Å²) in [5.74, 6) is 1.25. The zero-order valence-electron chi connectivity index (χ0n) is 14.8. The molecule has 0 aromatic heterocycles. The van der Waals surface area contributed by atoms with Crippen LogP contribution in [0.4, 0.5) is 0 Å². The van der Waals surface area contributed by atoms with Gasteiger partial charge in [-0.1, -0.05) is 13.8 Å². The molecule has 23 heavy (non-hydrogen) atoms. The van der Waals surface area contributed by atoms with E-state index in [1.165, 1.54) is 0 Å². The Kier molecular flexibility index (Phi) is 5.19. The van der Waals surface area contributed by atoms with E-state index in [0.717, 1.165) is 6.42 Å². The van der Waals surface area contributed by atoms with Crippen LogP contribution in [0.5, 0.6) is 11.5 Å². The lowest BCUT2D eigenvalue weighted by atomic mass is 9.79. The fourth-order valence-electron chi connectivity index (χ4n) is 2.88. The molecular weight excluding hydrogens is 292 g/mol. The normalized spacial score (nSPS) is 20.5. The highest BCUT2D eigenvalue weighted by Crippen LogP contribution is 2.32. The van der Waals surface area contributed by atoms with Crippen molar-refractivity contribution in [3.05, 3.63) is 23.8 Å². The molecule has 1 saturated heterocycles. The average molecular weight is 320 g/mol. The largest absolute Gasteiger partial charge is 0.493 e. The summed E-state index contributed by atoms with van der Waals surface area (Å²) in [6.45, 7) is 9.49. The predicted octanol–water partition coefficient (Wildman–Crippen LogP) is 2.68. The van der Waals surface area contributed by atoms with Gasteiger partial charge >= 0.3 is 0 Å². The summed E-state index contributed by atoms with van der Waals surface area (Å²) >= 11 is 0. The summed E-state index contributed by atoms with van der Waals surface area (Å²) in [5.41, 5.74) is 6.70. The molecule has 0 saturated carbocycles. The van der Waals surface area contributed by atoms with Gasteiger partial charge in [0.2, 0.25) is 0 Å². The number of hydrogen-bond donors (Lipinski definition) is 1. The van der Waals surface area contributed by atoms with Crippen molar-refractivity contribution in [1.82, 2.24) is 4.90 Å². The first-order chi connectivity index (χ1) is 10.7. The number of methoxy groups -OCH3 is 1. The molecule has 0 spiro atoms. The fourth-order valence-corrected chi connectivity index (χ4v) is 2.88. The topological polar surface area (TPSA) is 64.8 Å². The highest BCUT2D eigenvalue weighted by Gasteiger charge is 2.35. The minimum Gasteiger partial charge on any atom is -0.493 e. The molecule has 128 valence electrons. The van der Waals surface area contributed by atoms with Crippen LogP contribution in [0.3, 0.4) is 0 Å². The van der Waals surface area contributed by atoms with Crippen molar-refractivity contribution in [2.24, 2.45) is 11.1 Å². The number of carbonyl (C=O) groups excluding carboxylic acids is 1. The first-order valence-corrected chi connectivity index (χ1v) is 8.14. The van der Waals surface area contributed by atoms with Gasteiger partial charge in [-0.15, -0.1) is 0 Å². The number of piperidine rings is 1. The molecule has 5 heteroatoms. The van der Waals surface area contributed by atoms with Gasteiger partial charge in [-0.3, -0.25) is 4.79 Å². The Labute approximate surface area is 138 Å². The number of benzene rings is 1. The number of hydrogen-bond acceptors (Lipinski definition) is 4. The number of carbonyl (C=O) groups is 1. The van der Waals surface area contributed by atoms with Gasteiger partial charge in [-0.25, -0.2) is 0 Å². The molecule has 5 nitrogen and oxygen atoms in total. The summed E-state index contributed by atoms with van der Waals surface area (Å²) in [7, 11) is 1.58. The molecule has 0 aliphatic carbocycles. The molecule has 2 rings (SSSR count). The maximum Gasteiger partial charge on any atom is 0.254 e. The molecule has 1 fully saturated rings. The van der Waals surface area contributed by atoms with Crippen molar-refractivity contribution in [3.63, 3.8) is 0 Å². The third-order valence-corrected chi connectivity index (χ3v) is 4.37. The van der Waals surface area contributed by atoms with Crippen molar-refractivity contribution >= 4 is 5.91 Å². The van der Waals surface area contributed by atoms with Gasteiger partial charge in [0.1, 0.15) is 0 Å². The van der Waals surface area contributed by atoms with Crippen molar-refractivity contribution in [2.45, 2.75) is 46.3 Å². The Morgan fingerprint density at radius 3 is 2.61 bits per heavy atom. The van der Waals surface area contributed by atoms with Crippen LogP contribution in [0.1, 0.15) is 44.5 Å². The molecule has 1 unspecified atom stereocenters. The van der Waals surface area contributed by atoms with Crippen molar-refractivity contribution in [3.8, 4) is 11.5 Å². The van der Waals surface area contributed by atoms with Gasteiger partial charge in [0, 0.05) is 24.7 Å². The number of nitrogens with two attached hydrogens (primary N) is 1. The lowest BCUT2D eigenvalue weighted by molar-refractivity contribution is 0.0532. The van der Waals surface area contributed by atoms with E-state index in [9.17, 15) is 4.79 Å². The van der Waals surface area contributed by atoms with Gasteiger partial charge in [0.05, 0.1) is 13.2 Å². The molecule has 2 N–H and O–H groups in total. The van der Waals surface area contributed by atoms with E-state index in [1.54, 1.807) is 25.3 Å². The van der Waals surface area contributed by atoms with Crippen LogP contribution in [0.15, 0.2) is 18.2 Å². The van der Waals surface area contributed by atoms with Gasteiger partial charge in [-0.05, 0) is 43.9 Å². The lowest BCUT2D eigenvalue weighted by Crippen LogP contribution is -2.54. The minimum atomic E-state index is -0.0707. The first kappa shape index (κ1) is 17.6.